The molecular weight excluding hydrogens is 457 g/mol. The van der Waals surface area contributed by atoms with Gasteiger partial charge in [-0.1, -0.05) is 49.2 Å². The summed E-state index contributed by atoms with van der Waals surface area (Å²) in [5, 5.41) is 0.931. The van der Waals surface area contributed by atoms with E-state index in [0.717, 1.165) is 24.1 Å². The average molecular weight is 486 g/mol. The van der Waals surface area contributed by atoms with E-state index in [0.29, 0.717) is 46.4 Å². The third kappa shape index (κ3) is 4.72. The molecule has 0 radical (unpaired) electrons. The van der Waals surface area contributed by atoms with Crippen molar-refractivity contribution >= 4 is 52.0 Å². The van der Waals surface area contributed by atoms with Crippen LogP contribution in [0.3, 0.4) is 0 Å². The highest BCUT2D eigenvalue weighted by atomic mass is 35.5. The summed E-state index contributed by atoms with van der Waals surface area (Å²) < 4.78 is 0. The van der Waals surface area contributed by atoms with Gasteiger partial charge in [0, 0.05) is 29.1 Å². The minimum absolute atomic E-state index is 0.0726. The Morgan fingerprint density at radius 1 is 1.18 bits per heavy atom. The molecule has 2 aromatic carbocycles. The topological polar surface area (TPSA) is 75.8 Å². The van der Waals surface area contributed by atoms with Gasteiger partial charge < -0.3 is 10.6 Å². The molecule has 0 spiro atoms. The number of hydrogen-bond acceptors (Lipinski definition) is 4. The lowest BCUT2D eigenvalue weighted by molar-refractivity contribution is -0.124. The Balaban J connectivity index is 1.97. The lowest BCUT2D eigenvalue weighted by Crippen LogP contribution is -2.47. The largest absolute Gasteiger partial charge is 0.330 e. The Morgan fingerprint density at radius 2 is 1.94 bits per heavy atom. The summed E-state index contributed by atoms with van der Waals surface area (Å²) in [7, 11) is 0. The fourth-order valence-electron chi connectivity index (χ4n) is 5.10. The normalized spacial score (nSPS) is 21.7. The minimum atomic E-state index is -0.592. The molecule has 1 saturated carbocycles. The van der Waals surface area contributed by atoms with Crippen molar-refractivity contribution in [3.05, 3.63) is 57.6 Å². The number of rotatable bonds is 4. The highest BCUT2D eigenvalue weighted by Crippen LogP contribution is 2.49. The SMILES string of the molecule is CC(=O)N1c2ccc(CCCN)cc2N=C2CC(C)(C)CC(=O)C2C1c1ccc(Cl)cc1Cl. The second-order valence-electron chi connectivity index (χ2n) is 9.78. The van der Waals surface area contributed by atoms with Gasteiger partial charge in [-0.15, -0.1) is 0 Å². The fraction of sp³-hybridized carbons (Fsp3) is 0.423. The number of carbonyl (C=O) groups excluding carboxylic acids is 2. The van der Waals surface area contributed by atoms with E-state index < -0.39 is 12.0 Å². The molecule has 2 unspecified atom stereocenters. The van der Waals surface area contributed by atoms with Crippen molar-refractivity contribution in [2.45, 2.75) is 52.5 Å². The lowest BCUT2D eigenvalue weighted by atomic mass is 9.68. The van der Waals surface area contributed by atoms with Crippen LogP contribution in [0.25, 0.3) is 0 Å². The molecule has 1 fully saturated rings. The molecule has 1 aliphatic carbocycles. The number of Topliss-reactive ketones (excluding diaryl/α,β-unsaturated/α-hetero) is 1. The van der Waals surface area contributed by atoms with Crippen molar-refractivity contribution in [2.75, 3.05) is 11.4 Å². The number of benzene rings is 2. The van der Waals surface area contributed by atoms with E-state index in [1.807, 2.05) is 24.3 Å². The van der Waals surface area contributed by atoms with Gasteiger partial charge in [-0.05, 0) is 66.6 Å². The maximum atomic E-state index is 13.6. The molecular formula is C26H29Cl2N3O2. The van der Waals surface area contributed by atoms with Crippen LogP contribution >= 0.6 is 23.2 Å². The molecule has 2 atom stereocenters. The van der Waals surface area contributed by atoms with Gasteiger partial charge in [0.15, 0.2) is 0 Å². The Kier molecular flexibility index (Phi) is 6.68. The molecule has 0 aromatic heterocycles. The van der Waals surface area contributed by atoms with Gasteiger partial charge >= 0.3 is 0 Å². The molecule has 2 aliphatic rings. The van der Waals surface area contributed by atoms with Crippen molar-refractivity contribution in [1.82, 2.24) is 0 Å². The first-order valence-electron chi connectivity index (χ1n) is 11.3. The zero-order valence-electron chi connectivity index (χ0n) is 19.2. The number of nitrogens with two attached hydrogens (primary N) is 1. The predicted octanol–water partition coefficient (Wildman–Crippen LogP) is 6.07. The van der Waals surface area contributed by atoms with Gasteiger partial charge in [0.1, 0.15) is 5.78 Å². The summed E-state index contributed by atoms with van der Waals surface area (Å²) in [4.78, 5) is 33.4. The number of amides is 1. The summed E-state index contributed by atoms with van der Waals surface area (Å²) in [6.45, 7) is 6.29. The minimum Gasteiger partial charge on any atom is -0.330 e. The van der Waals surface area contributed by atoms with Gasteiger partial charge in [-0.2, -0.15) is 0 Å². The molecule has 2 aromatic rings. The van der Waals surface area contributed by atoms with Crippen LogP contribution in [0.5, 0.6) is 0 Å². The Morgan fingerprint density at radius 3 is 2.61 bits per heavy atom. The van der Waals surface area contributed by atoms with Crippen LogP contribution in [0.2, 0.25) is 10.0 Å². The molecule has 2 N–H and O–H groups in total. The van der Waals surface area contributed by atoms with Crippen LogP contribution < -0.4 is 10.6 Å². The molecule has 1 amide bonds. The average Bonchev–Trinajstić information content (AvgIpc) is 2.85. The van der Waals surface area contributed by atoms with E-state index in [-0.39, 0.29) is 17.1 Å². The number of anilines is 1. The first kappa shape index (κ1) is 23.9. The number of nitrogens with zero attached hydrogens (tertiary/aromatic N) is 2. The fourth-order valence-corrected chi connectivity index (χ4v) is 5.62. The number of fused-ring (bicyclic) bond motifs is 2. The van der Waals surface area contributed by atoms with Crippen LogP contribution in [0.15, 0.2) is 41.4 Å². The number of aliphatic imine (C=N–C) groups is 1. The van der Waals surface area contributed by atoms with Gasteiger partial charge in [-0.25, -0.2) is 0 Å². The third-order valence-corrected chi connectivity index (χ3v) is 7.03. The zero-order chi connectivity index (χ0) is 23.9. The molecule has 4 rings (SSSR count). The van der Waals surface area contributed by atoms with E-state index in [9.17, 15) is 9.59 Å². The first-order chi connectivity index (χ1) is 15.6. The zero-order valence-corrected chi connectivity index (χ0v) is 20.7. The van der Waals surface area contributed by atoms with Crippen molar-refractivity contribution in [1.29, 1.82) is 0 Å². The van der Waals surface area contributed by atoms with Crippen molar-refractivity contribution < 1.29 is 9.59 Å². The van der Waals surface area contributed by atoms with Crippen LogP contribution in [0, 0.1) is 11.3 Å². The second-order valence-corrected chi connectivity index (χ2v) is 10.6. The first-order valence-corrected chi connectivity index (χ1v) is 12.0. The van der Waals surface area contributed by atoms with Crippen molar-refractivity contribution in [2.24, 2.45) is 22.1 Å². The van der Waals surface area contributed by atoms with Gasteiger partial charge in [-0.3, -0.25) is 14.6 Å². The van der Waals surface area contributed by atoms with Crippen LogP contribution in [0.1, 0.15) is 57.2 Å². The number of halogens is 2. The molecule has 5 nitrogen and oxygen atoms in total. The van der Waals surface area contributed by atoms with Gasteiger partial charge in [0.25, 0.3) is 0 Å². The molecule has 1 heterocycles. The number of hydrogen-bond donors (Lipinski definition) is 1. The monoisotopic (exact) mass is 485 g/mol. The quantitative estimate of drug-likeness (QED) is 0.570. The summed E-state index contributed by atoms with van der Waals surface area (Å²) in [5.41, 5.74) is 9.49. The van der Waals surface area contributed by atoms with E-state index in [1.165, 1.54) is 6.92 Å². The molecule has 7 heteroatoms. The van der Waals surface area contributed by atoms with Crippen LogP contribution in [-0.2, 0) is 16.0 Å². The smallest absolute Gasteiger partial charge is 0.224 e. The Bertz CT molecular complexity index is 1140. The standard InChI is InChI=1S/C26H29Cl2N3O2/c1-15(32)31-22-9-6-16(5-4-10-29)11-20(22)30-21-13-26(2,3)14-23(33)24(21)25(31)18-8-7-17(27)12-19(18)28/h6-9,11-12,24-25H,4-5,10,13-14,29H2,1-3H3. The maximum absolute atomic E-state index is 13.6. The highest BCUT2D eigenvalue weighted by molar-refractivity contribution is 6.35. The van der Waals surface area contributed by atoms with Crippen LogP contribution in [0.4, 0.5) is 11.4 Å². The number of ketones is 1. The summed E-state index contributed by atoms with van der Waals surface area (Å²) in [5.74, 6) is -0.667. The maximum Gasteiger partial charge on any atom is 0.224 e. The third-order valence-electron chi connectivity index (χ3n) is 6.47. The summed E-state index contributed by atoms with van der Waals surface area (Å²) >= 11 is 12.8. The van der Waals surface area contributed by atoms with E-state index in [1.54, 1.807) is 17.0 Å². The second kappa shape index (κ2) is 9.21. The van der Waals surface area contributed by atoms with E-state index in [4.69, 9.17) is 33.9 Å². The molecule has 0 saturated heterocycles. The Labute approximate surface area is 205 Å². The van der Waals surface area contributed by atoms with E-state index >= 15 is 0 Å². The molecule has 174 valence electrons. The number of carbonyl (C=O) groups is 2. The number of aryl methyl sites for hydroxylation is 1. The van der Waals surface area contributed by atoms with Gasteiger partial charge in [0.2, 0.25) is 5.91 Å². The summed E-state index contributed by atoms with van der Waals surface area (Å²) in [6.07, 6.45) is 2.78. The van der Waals surface area contributed by atoms with Crippen molar-refractivity contribution in [3.8, 4) is 0 Å². The highest BCUT2D eigenvalue weighted by Gasteiger charge is 2.47. The summed E-state index contributed by atoms with van der Waals surface area (Å²) in [6, 6.07) is 10.6. The van der Waals surface area contributed by atoms with E-state index in [2.05, 4.69) is 13.8 Å². The predicted molar refractivity (Wildman–Crippen MR) is 135 cm³/mol. The molecule has 0 bridgehead atoms. The Hall–Kier alpha value is -2.21. The van der Waals surface area contributed by atoms with Crippen LogP contribution in [-0.4, -0.2) is 23.9 Å². The lowest BCUT2D eigenvalue weighted by Gasteiger charge is -2.41. The molecule has 1 aliphatic heterocycles. The van der Waals surface area contributed by atoms with Crippen molar-refractivity contribution in [3.63, 3.8) is 0 Å². The molecule has 33 heavy (non-hydrogen) atoms. The van der Waals surface area contributed by atoms with Gasteiger partial charge in [0.05, 0.1) is 23.3 Å².